The van der Waals surface area contributed by atoms with E-state index in [0.717, 1.165) is 0 Å². The zero-order valence-electron chi connectivity index (χ0n) is 6.28. The molecular formula is C6H10O4P+. The van der Waals surface area contributed by atoms with E-state index in [1.807, 2.05) is 0 Å². The van der Waals surface area contributed by atoms with E-state index in [4.69, 9.17) is 0 Å². The standard InChI is InChI=1S/C6H10O4P/c1-3-5-9-6(7)11(8)10-4-2/h3H,1,4-5H2,2H3/q+1. The van der Waals surface area contributed by atoms with Crippen LogP contribution in [0, 0.1) is 0 Å². The average Bonchev–Trinajstić information content (AvgIpc) is 2.00. The van der Waals surface area contributed by atoms with Crippen LogP contribution in [0.25, 0.3) is 0 Å². The Morgan fingerprint density at radius 2 is 2.36 bits per heavy atom. The molecule has 0 saturated heterocycles. The molecule has 0 bridgehead atoms. The molecule has 0 heterocycles. The lowest BCUT2D eigenvalue weighted by molar-refractivity contribution is 0.180. The van der Waals surface area contributed by atoms with E-state index in [1.54, 1.807) is 6.92 Å². The van der Waals surface area contributed by atoms with Crippen molar-refractivity contribution in [1.82, 2.24) is 0 Å². The van der Waals surface area contributed by atoms with E-state index in [9.17, 15) is 9.36 Å². The Balaban J connectivity index is 3.64. The van der Waals surface area contributed by atoms with Crippen molar-refractivity contribution in [3.05, 3.63) is 12.7 Å². The van der Waals surface area contributed by atoms with Crippen LogP contribution in [-0.4, -0.2) is 18.9 Å². The molecule has 0 aromatic heterocycles. The Morgan fingerprint density at radius 1 is 1.73 bits per heavy atom. The second-order valence-electron chi connectivity index (χ2n) is 1.54. The number of carbonyl (C=O) groups excluding carboxylic acids is 1. The van der Waals surface area contributed by atoms with Gasteiger partial charge in [0.1, 0.15) is 13.2 Å². The van der Waals surface area contributed by atoms with Gasteiger partial charge in [0.05, 0.1) is 0 Å². The molecule has 0 saturated carbocycles. The summed E-state index contributed by atoms with van der Waals surface area (Å²) in [7, 11) is -2.31. The quantitative estimate of drug-likeness (QED) is 0.476. The summed E-state index contributed by atoms with van der Waals surface area (Å²) in [5.41, 5.74) is -0.832. The zero-order chi connectivity index (χ0) is 8.69. The van der Waals surface area contributed by atoms with Crippen molar-refractivity contribution in [3.63, 3.8) is 0 Å². The van der Waals surface area contributed by atoms with Crippen LogP contribution in [0.2, 0.25) is 0 Å². The summed E-state index contributed by atoms with van der Waals surface area (Å²) < 4.78 is 19.6. The Bertz CT molecular complexity index is 166. The molecule has 0 radical (unpaired) electrons. The summed E-state index contributed by atoms with van der Waals surface area (Å²) in [5, 5.41) is 0. The van der Waals surface area contributed by atoms with Gasteiger partial charge in [-0.15, -0.1) is 4.52 Å². The molecule has 62 valence electrons. The van der Waals surface area contributed by atoms with Gasteiger partial charge < -0.3 is 4.74 Å². The van der Waals surface area contributed by atoms with Gasteiger partial charge in [-0.25, -0.2) is 0 Å². The van der Waals surface area contributed by atoms with Crippen LogP contribution in [0.1, 0.15) is 6.92 Å². The second-order valence-corrected chi connectivity index (χ2v) is 2.68. The number of hydrogen-bond donors (Lipinski definition) is 0. The first-order valence-electron chi connectivity index (χ1n) is 3.10. The summed E-state index contributed by atoms with van der Waals surface area (Å²) in [4.78, 5) is 10.6. The fourth-order valence-electron chi connectivity index (χ4n) is 0.353. The molecule has 0 aliphatic rings. The first-order chi connectivity index (χ1) is 5.22. The van der Waals surface area contributed by atoms with Gasteiger partial charge in [-0.2, -0.15) is 4.79 Å². The van der Waals surface area contributed by atoms with Crippen molar-refractivity contribution in [2.45, 2.75) is 6.92 Å². The summed E-state index contributed by atoms with van der Waals surface area (Å²) in [6, 6.07) is 0. The van der Waals surface area contributed by atoms with E-state index in [2.05, 4.69) is 15.8 Å². The Kier molecular flexibility index (Phi) is 5.61. The van der Waals surface area contributed by atoms with E-state index in [1.165, 1.54) is 6.08 Å². The summed E-state index contributed by atoms with van der Waals surface area (Å²) in [6.07, 6.45) is 1.40. The van der Waals surface area contributed by atoms with E-state index < -0.39 is 13.7 Å². The molecule has 0 aromatic rings. The predicted molar refractivity (Wildman–Crippen MR) is 40.8 cm³/mol. The topological polar surface area (TPSA) is 52.6 Å². The van der Waals surface area contributed by atoms with Gasteiger partial charge in [-0.3, -0.25) is 0 Å². The van der Waals surface area contributed by atoms with Crippen molar-refractivity contribution in [2.75, 3.05) is 13.2 Å². The molecule has 0 fully saturated rings. The molecule has 5 heteroatoms. The highest BCUT2D eigenvalue weighted by atomic mass is 31.1. The molecule has 0 spiro atoms. The van der Waals surface area contributed by atoms with Crippen molar-refractivity contribution >= 4 is 13.7 Å². The van der Waals surface area contributed by atoms with Gasteiger partial charge in [0, 0.05) is 0 Å². The molecule has 0 rings (SSSR count). The van der Waals surface area contributed by atoms with Crippen LogP contribution in [0.5, 0.6) is 0 Å². The van der Waals surface area contributed by atoms with Crippen LogP contribution >= 0.6 is 8.03 Å². The molecule has 4 nitrogen and oxygen atoms in total. The first-order valence-corrected chi connectivity index (χ1v) is 4.28. The molecule has 0 aliphatic heterocycles. The highest BCUT2D eigenvalue weighted by Crippen LogP contribution is 2.24. The number of ether oxygens (including phenoxy) is 1. The third kappa shape index (κ3) is 4.65. The van der Waals surface area contributed by atoms with E-state index in [0.29, 0.717) is 0 Å². The third-order valence-electron chi connectivity index (χ3n) is 0.720. The summed E-state index contributed by atoms with van der Waals surface area (Å²) in [5.74, 6) is 0. The molecule has 0 N–H and O–H groups in total. The molecule has 0 aromatic carbocycles. The predicted octanol–water partition coefficient (Wildman–Crippen LogP) is 2.09. The van der Waals surface area contributed by atoms with Gasteiger partial charge in [-0.1, -0.05) is 12.7 Å². The monoisotopic (exact) mass is 177 g/mol. The Hall–Kier alpha value is -0.730. The first kappa shape index (κ1) is 10.3. The van der Waals surface area contributed by atoms with Crippen LogP contribution < -0.4 is 0 Å². The minimum atomic E-state index is -2.31. The van der Waals surface area contributed by atoms with Gasteiger partial charge in [0.15, 0.2) is 0 Å². The number of carbonyl (C=O) groups is 1. The van der Waals surface area contributed by atoms with Gasteiger partial charge in [0.25, 0.3) is 0 Å². The SMILES string of the molecule is C=CCOC(=O)[P+](=O)OCC. The van der Waals surface area contributed by atoms with Crippen LogP contribution in [-0.2, 0) is 13.8 Å². The minimum absolute atomic E-state index is 0.0625. The highest BCUT2D eigenvalue weighted by molar-refractivity contribution is 7.58. The maximum atomic E-state index is 10.7. The van der Waals surface area contributed by atoms with Crippen molar-refractivity contribution < 1.29 is 18.6 Å². The molecule has 1 atom stereocenters. The second kappa shape index (κ2) is 6.01. The lowest BCUT2D eigenvalue weighted by atomic mass is 10.7. The maximum absolute atomic E-state index is 10.7. The number of hydrogen-bond acceptors (Lipinski definition) is 4. The van der Waals surface area contributed by atoms with Crippen molar-refractivity contribution in [3.8, 4) is 0 Å². The van der Waals surface area contributed by atoms with Crippen molar-refractivity contribution in [2.24, 2.45) is 0 Å². The molecular weight excluding hydrogens is 167 g/mol. The lowest BCUT2D eigenvalue weighted by Gasteiger charge is -1.88. The lowest BCUT2D eigenvalue weighted by Crippen LogP contribution is -1.98. The van der Waals surface area contributed by atoms with E-state index in [-0.39, 0.29) is 13.2 Å². The van der Waals surface area contributed by atoms with Crippen LogP contribution in [0.15, 0.2) is 12.7 Å². The molecule has 1 unspecified atom stereocenters. The van der Waals surface area contributed by atoms with E-state index >= 15 is 0 Å². The fraction of sp³-hybridized carbons (Fsp3) is 0.500. The number of rotatable bonds is 5. The molecule has 0 aliphatic carbocycles. The summed E-state index contributed by atoms with van der Waals surface area (Å²) in [6.45, 7) is 5.27. The minimum Gasteiger partial charge on any atom is -0.421 e. The molecule has 0 amide bonds. The zero-order valence-corrected chi connectivity index (χ0v) is 7.17. The van der Waals surface area contributed by atoms with Crippen LogP contribution in [0.3, 0.4) is 0 Å². The average molecular weight is 177 g/mol. The van der Waals surface area contributed by atoms with Crippen LogP contribution in [0.4, 0.5) is 4.79 Å². The van der Waals surface area contributed by atoms with Crippen molar-refractivity contribution in [1.29, 1.82) is 0 Å². The summed E-state index contributed by atoms with van der Waals surface area (Å²) >= 11 is 0. The fourth-order valence-corrected chi connectivity index (χ4v) is 0.873. The maximum Gasteiger partial charge on any atom is 0.636 e. The Morgan fingerprint density at radius 3 is 2.82 bits per heavy atom. The van der Waals surface area contributed by atoms with Gasteiger partial charge in [0.2, 0.25) is 0 Å². The van der Waals surface area contributed by atoms with Gasteiger partial charge in [-0.05, 0) is 11.5 Å². The van der Waals surface area contributed by atoms with Gasteiger partial charge >= 0.3 is 13.7 Å². The normalized spacial score (nSPS) is 10.5. The molecule has 11 heavy (non-hydrogen) atoms. The highest BCUT2D eigenvalue weighted by Gasteiger charge is 2.32. The third-order valence-corrected chi connectivity index (χ3v) is 1.64. The largest absolute Gasteiger partial charge is 0.636 e. The Labute approximate surface area is 66.1 Å². The smallest absolute Gasteiger partial charge is 0.421 e.